The monoisotopic (exact) mass is 369 g/mol. The van der Waals surface area contributed by atoms with Crippen LogP contribution < -0.4 is 20.3 Å². The molecule has 0 saturated carbocycles. The Morgan fingerprint density at radius 2 is 1.81 bits per heavy atom. The van der Waals surface area contributed by atoms with E-state index in [1.165, 1.54) is 37.2 Å². The molecule has 0 radical (unpaired) electrons. The number of hydrogen-bond donors (Lipinski definition) is 2. The van der Waals surface area contributed by atoms with Crippen molar-refractivity contribution in [3.8, 4) is 5.75 Å². The van der Waals surface area contributed by atoms with Crippen LogP contribution in [0.5, 0.6) is 5.75 Å². The highest BCUT2D eigenvalue weighted by Gasteiger charge is 2.13. The van der Waals surface area contributed by atoms with Gasteiger partial charge in [-0.1, -0.05) is 24.3 Å². The second-order valence-corrected chi connectivity index (χ2v) is 6.94. The van der Waals surface area contributed by atoms with E-state index in [1.54, 1.807) is 0 Å². The number of benzene rings is 2. The maximum Gasteiger partial charge on any atom is 0.171 e. The molecule has 1 aliphatic rings. The zero-order valence-corrected chi connectivity index (χ0v) is 16.3. The van der Waals surface area contributed by atoms with Crippen LogP contribution in [0.15, 0.2) is 48.5 Å². The predicted octanol–water partition coefficient (Wildman–Crippen LogP) is 4.73. The highest BCUT2D eigenvalue weighted by atomic mass is 32.1. The lowest BCUT2D eigenvalue weighted by Gasteiger charge is -2.21. The molecule has 1 aliphatic heterocycles. The van der Waals surface area contributed by atoms with Gasteiger partial charge in [-0.2, -0.15) is 0 Å². The number of para-hydroxylation sites is 2. The van der Waals surface area contributed by atoms with Gasteiger partial charge in [0.15, 0.2) is 5.11 Å². The van der Waals surface area contributed by atoms with Gasteiger partial charge in [0, 0.05) is 18.8 Å². The van der Waals surface area contributed by atoms with Crippen molar-refractivity contribution in [1.29, 1.82) is 0 Å². The molecule has 2 N–H and O–H groups in total. The van der Waals surface area contributed by atoms with Crippen LogP contribution in [0.1, 0.15) is 38.3 Å². The highest BCUT2D eigenvalue weighted by Crippen LogP contribution is 2.25. The van der Waals surface area contributed by atoms with Crippen LogP contribution in [0.25, 0.3) is 0 Å². The fourth-order valence-corrected chi connectivity index (χ4v) is 3.53. The number of rotatable bonds is 6. The molecule has 1 fully saturated rings. The molecule has 1 saturated heterocycles. The number of anilines is 2. The summed E-state index contributed by atoms with van der Waals surface area (Å²) in [6, 6.07) is 16.7. The van der Waals surface area contributed by atoms with Gasteiger partial charge in [-0.3, -0.25) is 0 Å². The lowest BCUT2D eigenvalue weighted by molar-refractivity contribution is 0.342. The minimum absolute atomic E-state index is 0.127. The number of nitrogens with one attached hydrogen (secondary N) is 2. The molecule has 0 aliphatic carbocycles. The van der Waals surface area contributed by atoms with E-state index in [1.807, 2.05) is 31.2 Å². The predicted molar refractivity (Wildman–Crippen MR) is 113 cm³/mol. The van der Waals surface area contributed by atoms with Crippen molar-refractivity contribution in [2.75, 3.05) is 29.9 Å². The van der Waals surface area contributed by atoms with Crippen molar-refractivity contribution in [3.63, 3.8) is 0 Å². The van der Waals surface area contributed by atoms with E-state index in [9.17, 15) is 0 Å². The van der Waals surface area contributed by atoms with Gasteiger partial charge in [0.05, 0.1) is 18.3 Å². The number of hydrogen-bond acceptors (Lipinski definition) is 3. The first-order chi connectivity index (χ1) is 12.7. The van der Waals surface area contributed by atoms with Crippen LogP contribution in [0.4, 0.5) is 11.4 Å². The second-order valence-electron chi connectivity index (χ2n) is 6.54. The van der Waals surface area contributed by atoms with E-state index < -0.39 is 0 Å². The maximum absolute atomic E-state index is 5.63. The minimum atomic E-state index is 0.127. The Morgan fingerprint density at radius 1 is 1.12 bits per heavy atom. The normalized spacial score (nSPS) is 14.8. The summed E-state index contributed by atoms with van der Waals surface area (Å²) in [5.74, 6) is 0.807. The third kappa shape index (κ3) is 4.67. The first-order valence-corrected chi connectivity index (χ1v) is 9.72. The van der Waals surface area contributed by atoms with Gasteiger partial charge in [0.25, 0.3) is 0 Å². The average Bonchev–Trinajstić information content (AvgIpc) is 3.18. The van der Waals surface area contributed by atoms with E-state index in [4.69, 9.17) is 17.0 Å². The van der Waals surface area contributed by atoms with Gasteiger partial charge in [-0.15, -0.1) is 0 Å². The van der Waals surface area contributed by atoms with Gasteiger partial charge in [0.2, 0.25) is 0 Å². The van der Waals surface area contributed by atoms with E-state index in [0.29, 0.717) is 11.7 Å². The summed E-state index contributed by atoms with van der Waals surface area (Å²) in [7, 11) is 0. The summed E-state index contributed by atoms with van der Waals surface area (Å²) in [5.41, 5.74) is 3.41. The highest BCUT2D eigenvalue weighted by molar-refractivity contribution is 7.80. The molecule has 2 aromatic rings. The van der Waals surface area contributed by atoms with E-state index in [0.717, 1.165) is 11.4 Å². The van der Waals surface area contributed by atoms with E-state index in [-0.39, 0.29) is 6.04 Å². The summed E-state index contributed by atoms with van der Waals surface area (Å²) in [6.45, 7) is 7.05. The van der Waals surface area contributed by atoms with E-state index >= 15 is 0 Å². The van der Waals surface area contributed by atoms with Crippen molar-refractivity contribution in [2.24, 2.45) is 0 Å². The molecule has 3 rings (SSSR count). The second kappa shape index (κ2) is 8.90. The van der Waals surface area contributed by atoms with Crippen molar-refractivity contribution in [3.05, 3.63) is 54.1 Å². The van der Waals surface area contributed by atoms with Gasteiger partial charge in [-0.05, 0) is 68.7 Å². The molecule has 0 unspecified atom stereocenters. The van der Waals surface area contributed by atoms with E-state index in [2.05, 4.69) is 46.7 Å². The molecule has 1 heterocycles. The largest absolute Gasteiger partial charge is 0.492 e. The van der Waals surface area contributed by atoms with Crippen molar-refractivity contribution >= 4 is 28.7 Å². The van der Waals surface area contributed by atoms with Gasteiger partial charge >= 0.3 is 0 Å². The Bertz CT molecular complexity index is 726. The molecular formula is C21H27N3OS. The molecule has 0 amide bonds. The van der Waals surface area contributed by atoms with Crippen molar-refractivity contribution in [2.45, 2.75) is 32.7 Å². The zero-order valence-electron chi connectivity index (χ0n) is 15.5. The molecule has 1 atom stereocenters. The molecule has 5 heteroatoms. The number of thiocarbonyl (C=S) groups is 1. The van der Waals surface area contributed by atoms with Crippen LogP contribution in [-0.2, 0) is 0 Å². The molecule has 0 aromatic heterocycles. The molecule has 26 heavy (non-hydrogen) atoms. The molecule has 0 spiro atoms. The first-order valence-electron chi connectivity index (χ1n) is 9.31. The summed E-state index contributed by atoms with van der Waals surface area (Å²) >= 11 is 5.48. The van der Waals surface area contributed by atoms with Gasteiger partial charge in [0.1, 0.15) is 5.75 Å². The molecular weight excluding hydrogens is 342 g/mol. The third-order valence-electron chi connectivity index (χ3n) is 4.65. The lowest BCUT2D eigenvalue weighted by atomic mass is 10.1. The van der Waals surface area contributed by atoms with Crippen LogP contribution in [-0.4, -0.2) is 24.8 Å². The Hall–Kier alpha value is -2.27. The standard InChI is InChI=1S/C21H27N3OS/c1-3-25-20-9-5-4-8-19(20)23-21(26)22-16(2)17-10-12-18(13-11-17)24-14-6-7-15-24/h4-5,8-13,16H,3,6-7,14-15H2,1-2H3,(H2,22,23,26)/t16-/m0/s1. The molecule has 138 valence electrons. The summed E-state index contributed by atoms with van der Waals surface area (Å²) in [6.07, 6.45) is 2.59. The average molecular weight is 370 g/mol. The minimum Gasteiger partial charge on any atom is -0.492 e. The summed E-state index contributed by atoms with van der Waals surface area (Å²) in [5, 5.41) is 7.18. The molecule has 2 aromatic carbocycles. The number of nitrogens with zero attached hydrogens (tertiary/aromatic N) is 1. The summed E-state index contributed by atoms with van der Waals surface area (Å²) in [4.78, 5) is 2.44. The van der Waals surface area contributed by atoms with Crippen LogP contribution in [0.2, 0.25) is 0 Å². The SMILES string of the molecule is CCOc1ccccc1NC(=S)N[C@@H](C)c1ccc(N2CCCC2)cc1. The van der Waals surface area contributed by atoms with Gasteiger partial charge in [-0.25, -0.2) is 0 Å². The zero-order chi connectivity index (χ0) is 18.4. The van der Waals surface area contributed by atoms with Crippen LogP contribution in [0.3, 0.4) is 0 Å². The van der Waals surface area contributed by atoms with Crippen LogP contribution in [0, 0.1) is 0 Å². The Labute approximate surface area is 161 Å². The fourth-order valence-electron chi connectivity index (χ4n) is 3.24. The third-order valence-corrected chi connectivity index (χ3v) is 4.87. The van der Waals surface area contributed by atoms with Crippen molar-refractivity contribution < 1.29 is 4.74 Å². The maximum atomic E-state index is 5.63. The molecule has 0 bridgehead atoms. The van der Waals surface area contributed by atoms with Crippen molar-refractivity contribution in [1.82, 2.24) is 5.32 Å². The Kier molecular flexibility index (Phi) is 6.34. The topological polar surface area (TPSA) is 36.5 Å². The van der Waals surface area contributed by atoms with Crippen LogP contribution >= 0.6 is 12.2 Å². The Balaban J connectivity index is 1.58. The number of ether oxygens (including phenoxy) is 1. The smallest absolute Gasteiger partial charge is 0.171 e. The Morgan fingerprint density at radius 3 is 2.50 bits per heavy atom. The molecule has 4 nitrogen and oxygen atoms in total. The quantitative estimate of drug-likeness (QED) is 0.720. The van der Waals surface area contributed by atoms with Gasteiger partial charge < -0.3 is 20.3 Å². The first kappa shape index (κ1) is 18.5. The fraction of sp³-hybridized carbons (Fsp3) is 0.381. The summed E-state index contributed by atoms with van der Waals surface area (Å²) < 4.78 is 5.63. The lowest BCUT2D eigenvalue weighted by Crippen LogP contribution is -2.31.